The van der Waals surface area contributed by atoms with Gasteiger partial charge in [-0.15, -0.1) is 11.3 Å². The molecule has 0 unspecified atom stereocenters. The zero-order chi connectivity index (χ0) is 15.6. The Morgan fingerprint density at radius 3 is 2.65 bits per heavy atom. The fourth-order valence-electron chi connectivity index (χ4n) is 3.52. The normalized spacial score (nSPS) is 22.9. The van der Waals surface area contributed by atoms with E-state index in [2.05, 4.69) is 39.9 Å². The van der Waals surface area contributed by atoms with Crippen molar-refractivity contribution in [2.45, 2.75) is 43.8 Å². The van der Waals surface area contributed by atoms with Crippen LogP contribution in [0.25, 0.3) is 0 Å². The van der Waals surface area contributed by atoms with E-state index in [4.69, 9.17) is 0 Å². The second kappa shape index (κ2) is 6.46. The molecule has 120 valence electrons. The lowest BCUT2D eigenvalue weighted by Crippen LogP contribution is -2.41. The Morgan fingerprint density at radius 2 is 1.96 bits per heavy atom. The minimum atomic E-state index is -0.175. The Hall–Kier alpha value is -1.65. The molecule has 0 spiro atoms. The quantitative estimate of drug-likeness (QED) is 0.903. The summed E-state index contributed by atoms with van der Waals surface area (Å²) in [5.41, 5.74) is 1.11. The minimum Gasteiger partial charge on any atom is -0.352 e. The number of carbonyl (C=O) groups excluding carboxylic acids is 1. The van der Waals surface area contributed by atoms with Crippen LogP contribution in [0.4, 0.5) is 0 Å². The first-order valence-electron chi connectivity index (χ1n) is 8.47. The van der Waals surface area contributed by atoms with Crippen molar-refractivity contribution < 1.29 is 4.79 Å². The van der Waals surface area contributed by atoms with Gasteiger partial charge in [-0.1, -0.05) is 36.4 Å². The summed E-state index contributed by atoms with van der Waals surface area (Å²) in [6.07, 6.45) is 4.55. The molecule has 1 aromatic carbocycles. The Labute approximate surface area is 141 Å². The molecule has 1 saturated carbocycles. The van der Waals surface area contributed by atoms with E-state index in [0.717, 1.165) is 37.8 Å². The number of hydrogen-bond acceptors (Lipinski definition) is 3. The van der Waals surface area contributed by atoms with Crippen molar-refractivity contribution in [1.82, 2.24) is 10.2 Å². The summed E-state index contributed by atoms with van der Waals surface area (Å²) < 4.78 is 0. The second-order valence-electron chi connectivity index (χ2n) is 6.51. The monoisotopic (exact) mass is 326 g/mol. The van der Waals surface area contributed by atoms with E-state index in [1.807, 2.05) is 18.2 Å². The molecule has 2 atom stereocenters. The molecule has 1 amide bonds. The maximum absolute atomic E-state index is 12.9. The highest BCUT2D eigenvalue weighted by Crippen LogP contribution is 2.40. The van der Waals surface area contributed by atoms with Crippen LogP contribution >= 0.6 is 11.3 Å². The highest BCUT2D eigenvalue weighted by molar-refractivity contribution is 7.10. The highest BCUT2D eigenvalue weighted by atomic mass is 32.1. The van der Waals surface area contributed by atoms with E-state index in [-0.39, 0.29) is 11.9 Å². The molecule has 1 N–H and O–H groups in total. The Balaban J connectivity index is 1.64. The molecule has 1 saturated heterocycles. The van der Waals surface area contributed by atoms with E-state index < -0.39 is 0 Å². The number of likely N-dealkylation sites (tertiary alicyclic amines) is 1. The zero-order valence-corrected chi connectivity index (χ0v) is 14.0. The summed E-state index contributed by atoms with van der Waals surface area (Å²) in [6, 6.07) is 15.1. The van der Waals surface area contributed by atoms with Gasteiger partial charge in [0.2, 0.25) is 5.91 Å². The standard InChI is InChI=1S/C19H22N2OS/c22-19(20-15-10-11-15)18(14-6-2-1-3-7-14)21-12-4-8-16(21)17-9-5-13-23-17/h1-3,5-7,9,13,15-16,18H,4,8,10-12H2,(H,20,22)/t16-,18-/m1/s1. The summed E-state index contributed by atoms with van der Waals surface area (Å²) >= 11 is 1.80. The minimum absolute atomic E-state index is 0.169. The Kier molecular flexibility index (Phi) is 4.19. The smallest absolute Gasteiger partial charge is 0.242 e. The molecule has 2 aliphatic rings. The molecule has 2 aromatic rings. The van der Waals surface area contributed by atoms with Gasteiger partial charge < -0.3 is 5.32 Å². The Bertz CT molecular complexity index is 651. The molecule has 1 aliphatic carbocycles. The molecule has 4 rings (SSSR count). The van der Waals surface area contributed by atoms with Crippen LogP contribution in [-0.2, 0) is 4.79 Å². The molecule has 2 heterocycles. The molecule has 23 heavy (non-hydrogen) atoms. The lowest BCUT2D eigenvalue weighted by atomic mass is 10.0. The number of thiophene rings is 1. The highest BCUT2D eigenvalue weighted by Gasteiger charge is 2.38. The van der Waals surface area contributed by atoms with Crippen molar-refractivity contribution in [2.24, 2.45) is 0 Å². The van der Waals surface area contributed by atoms with Crippen molar-refractivity contribution in [3.05, 3.63) is 58.3 Å². The fraction of sp³-hybridized carbons (Fsp3) is 0.421. The van der Waals surface area contributed by atoms with Crippen LogP contribution in [0.2, 0.25) is 0 Å². The number of benzene rings is 1. The number of carbonyl (C=O) groups is 1. The van der Waals surface area contributed by atoms with E-state index >= 15 is 0 Å². The van der Waals surface area contributed by atoms with Gasteiger partial charge >= 0.3 is 0 Å². The molecule has 0 radical (unpaired) electrons. The largest absolute Gasteiger partial charge is 0.352 e. The molecule has 1 aromatic heterocycles. The first-order chi connectivity index (χ1) is 11.3. The molecule has 3 nitrogen and oxygen atoms in total. The number of nitrogens with zero attached hydrogens (tertiary/aromatic N) is 1. The lowest BCUT2D eigenvalue weighted by molar-refractivity contribution is -0.127. The van der Waals surface area contributed by atoms with E-state index in [0.29, 0.717) is 12.1 Å². The summed E-state index contributed by atoms with van der Waals surface area (Å²) in [5.74, 6) is 0.169. The van der Waals surface area contributed by atoms with Gasteiger partial charge in [0.15, 0.2) is 0 Å². The average Bonchev–Trinajstić information content (AvgIpc) is 3.04. The molecular formula is C19H22N2OS. The average molecular weight is 326 g/mol. The third-order valence-electron chi connectivity index (χ3n) is 4.78. The maximum Gasteiger partial charge on any atom is 0.242 e. The SMILES string of the molecule is O=C(NC1CC1)[C@@H](c1ccccc1)N1CCC[C@@H]1c1cccs1. The number of rotatable bonds is 5. The lowest BCUT2D eigenvalue weighted by Gasteiger charge is -2.32. The predicted octanol–water partition coefficient (Wildman–Crippen LogP) is 3.90. The van der Waals surface area contributed by atoms with Gasteiger partial charge in [-0.25, -0.2) is 0 Å². The van der Waals surface area contributed by atoms with Gasteiger partial charge in [-0.3, -0.25) is 9.69 Å². The third kappa shape index (κ3) is 3.19. The van der Waals surface area contributed by atoms with Crippen molar-refractivity contribution >= 4 is 17.2 Å². The van der Waals surface area contributed by atoms with Crippen LogP contribution in [0.1, 0.15) is 48.2 Å². The summed E-state index contributed by atoms with van der Waals surface area (Å²) in [7, 11) is 0. The first-order valence-corrected chi connectivity index (χ1v) is 9.35. The molecular weight excluding hydrogens is 304 g/mol. The van der Waals surface area contributed by atoms with Crippen LogP contribution in [0.3, 0.4) is 0 Å². The van der Waals surface area contributed by atoms with E-state index in [1.54, 1.807) is 11.3 Å². The van der Waals surface area contributed by atoms with Crippen molar-refractivity contribution in [3.8, 4) is 0 Å². The number of amides is 1. The van der Waals surface area contributed by atoms with Crippen LogP contribution in [0, 0.1) is 0 Å². The molecule has 2 fully saturated rings. The first kappa shape index (κ1) is 14.9. The molecule has 0 bridgehead atoms. The van der Waals surface area contributed by atoms with Crippen LogP contribution < -0.4 is 5.32 Å². The second-order valence-corrected chi connectivity index (χ2v) is 7.49. The predicted molar refractivity (Wildman–Crippen MR) is 93.3 cm³/mol. The third-order valence-corrected chi connectivity index (χ3v) is 5.76. The van der Waals surface area contributed by atoms with Gasteiger partial charge in [0, 0.05) is 17.0 Å². The summed E-state index contributed by atoms with van der Waals surface area (Å²) in [5, 5.41) is 5.35. The van der Waals surface area contributed by atoms with Crippen molar-refractivity contribution in [2.75, 3.05) is 6.54 Å². The van der Waals surface area contributed by atoms with Gasteiger partial charge in [0.25, 0.3) is 0 Å². The number of hydrogen-bond donors (Lipinski definition) is 1. The number of nitrogens with one attached hydrogen (secondary N) is 1. The zero-order valence-electron chi connectivity index (χ0n) is 13.2. The van der Waals surface area contributed by atoms with Crippen molar-refractivity contribution in [1.29, 1.82) is 0 Å². The van der Waals surface area contributed by atoms with Gasteiger partial charge in [0.1, 0.15) is 6.04 Å². The van der Waals surface area contributed by atoms with Crippen LogP contribution in [-0.4, -0.2) is 23.4 Å². The van der Waals surface area contributed by atoms with Gasteiger partial charge in [-0.2, -0.15) is 0 Å². The maximum atomic E-state index is 12.9. The van der Waals surface area contributed by atoms with Gasteiger partial charge in [-0.05, 0) is 49.2 Å². The van der Waals surface area contributed by atoms with Crippen LogP contribution in [0.5, 0.6) is 0 Å². The summed E-state index contributed by atoms with van der Waals surface area (Å²) in [6.45, 7) is 0.986. The topological polar surface area (TPSA) is 32.3 Å². The van der Waals surface area contributed by atoms with Crippen LogP contribution in [0.15, 0.2) is 47.8 Å². The molecule has 1 aliphatic heterocycles. The summed E-state index contributed by atoms with van der Waals surface area (Å²) in [4.78, 5) is 16.7. The van der Waals surface area contributed by atoms with Crippen molar-refractivity contribution in [3.63, 3.8) is 0 Å². The van der Waals surface area contributed by atoms with E-state index in [9.17, 15) is 4.79 Å². The molecule has 4 heteroatoms. The van der Waals surface area contributed by atoms with E-state index in [1.165, 1.54) is 4.88 Å². The fourth-order valence-corrected chi connectivity index (χ4v) is 4.40. The Morgan fingerprint density at radius 1 is 1.13 bits per heavy atom. The van der Waals surface area contributed by atoms with Gasteiger partial charge in [0.05, 0.1) is 0 Å².